The van der Waals surface area contributed by atoms with Crippen LogP contribution in [0.2, 0.25) is 0 Å². The standard InChI is InChI=1S/C20H18O12S/c21-9-3-1-8(2-4-9)13-5-10(22)15-11(23)6-14(17(26)18(15)30-13)31-20-19(32-33(27)28)16(25)12(24)7-29-20/h1-6,12,16,19-21,23-26H,7H2,(H,27,28)/p-1/t12-,16+,19-,20-/m0/s1. The molecule has 5 atom stereocenters. The second kappa shape index (κ2) is 8.97. The lowest BCUT2D eigenvalue weighted by Crippen LogP contribution is -2.56. The van der Waals surface area contributed by atoms with Gasteiger partial charge in [-0.05, 0) is 24.3 Å². The summed E-state index contributed by atoms with van der Waals surface area (Å²) in [4.78, 5) is 12.6. The van der Waals surface area contributed by atoms with Gasteiger partial charge < -0.3 is 44.0 Å². The van der Waals surface area contributed by atoms with Crippen LogP contribution < -0.4 is 10.2 Å². The fourth-order valence-electron chi connectivity index (χ4n) is 3.32. The molecule has 1 aromatic heterocycles. The summed E-state index contributed by atoms with van der Waals surface area (Å²) < 4.78 is 42.7. The Morgan fingerprint density at radius 3 is 2.45 bits per heavy atom. The second-order valence-corrected chi connectivity index (χ2v) is 7.71. The third kappa shape index (κ3) is 4.50. The minimum atomic E-state index is -3.11. The van der Waals surface area contributed by atoms with Crippen molar-refractivity contribution in [3.8, 4) is 34.3 Å². The van der Waals surface area contributed by atoms with Gasteiger partial charge in [-0.15, -0.1) is 0 Å². The normalized spacial score (nSPS) is 24.0. The second-order valence-electron chi connectivity index (χ2n) is 7.11. The zero-order valence-electron chi connectivity index (χ0n) is 16.5. The molecule has 13 heteroatoms. The molecule has 4 rings (SSSR count). The molecular formula is C20H17O12S-. The summed E-state index contributed by atoms with van der Waals surface area (Å²) in [5.74, 6) is -1.84. The van der Waals surface area contributed by atoms with Crippen LogP contribution >= 0.6 is 0 Å². The number of phenolic OH excluding ortho intramolecular Hbond substituents is 3. The molecule has 33 heavy (non-hydrogen) atoms. The molecule has 0 radical (unpaired) electrons. The molecule has 1 fully saturated rings. The molecule has 12 nitrogen and oxygen atoms in total. The van der Waals surface area contributed by atoms with E-state index in [0.29, 0.717) is 5.56 Å². The smallest absolute Gasteiger partial charge is 0.230 e. The lowest BCUT2D eigenvalue weighted by molar-refractivity contribution is -0.234. The van der Waals surface area contributed by atoms with Gasteiger partial charge in [-0.2, -0.15) is 0 Å². The highest BCUT2D eigenvalue weighted by molar-refractivity contribution is 7.74. The molecule has 0 saturated carbocycles. The minimum absolute atomic E-state index is 0.00905. The third-order valence-electron chi connectivity index (χ3n) is 4.94. The quantitative estimate of drug-likeness (QED) is 0.245. The van der Waals surface area contributed by atoms with E-state index in [9.17, 15) is 39.1 Å². The van der Waals surface area contributed by atoms with Crippen LogP contribution in [-0.4, -0.2) is 65.5 Å². The number of rotatable bonds is 5. The first-order valence-electron chi connectivity index (χ1n) is 9.38. The lowest BCUT2D eigenvalue weighted by atomic mass is 10.1. The number of phenols is 3. The largest absolute Gasteiger partial charge is 0.750 e. The van der Waals surface area contributed by atoms with E-state index in [0.717, 1.165) is 12.1 Å². The predicted octanol–water partition coefficient (Wildman–Crippen LogP) is 0.213. The van der Waals surface area contributed by atoms with Crippen LogP contribution in [0.3, 0.4) is 0 Å². The first kappa shape index (κ1) is 23.0. The zero-order chi connectivity index (χ0) is 23.9. The number of benzene rings is 2. The maximum absolute atomic E-state index is 12.6. The van der Waals surface area contributed by atoms with Crippen molar-refractivity contribution in [1.82, 2.24) is 0 Å². The Morgan fingerprint density at radius 2 is 1.79 bits per heavy atom. The van der Waals surface area contributed by atoms with Gasteiger partial charge in [0.05, 0.1) is 18.0 Å². The van der Waals surface area contributed by atoms with Crippen LogP contribution in [0.5, 0.6) is 23.0 Å². The molecule has 5 N–H and O–H groups in total. The molecule has 1 unspecified atom stereocenters. The predicted molar refractivity (Wildman–Crippen MR) is 109 cm³/mol. The average Bonchev–Trinajstić information content (AvgIpc) is 2.76. The molecule has 2 heterocycles. The van der Waals surface area contributed by atoms with E-state index in [-0.39, 0.29) is 16.9 Å². The van der Waals surface area contributed by atoms with Crippen LogP contribution in [0.15, 0.2) is 45.6 Å². The van der Waals surface area contributed by atoms with Crippen molar-refractivity contribution in [2.24, 2.45) is 0 Å². The Morgan fingerprint density at radius 1 is 1.09 bits per heavy atom. The first-order chi connectivity index (χ1) is 15.7. The highest BCUT2D eigenvalue weighted by Crippen LogP contribution is 2.41. The maximum Gasteiger partial charge on any atom is 0.230 e. The summed E-state index contributed by atoms with van der Waals surface area (Å²) in [5, 5.41) is 49.9. The Hall–Kier alpha value is -3.20. The van der Waals surface area contributed by atoms with Gasteiger partial charge in [-0.3, -0.25) is 8.98 Å². The molecule has 1 aliphatic rings. The van der Waals surface area contributed by atoms with Gasteiger partial charge in [0.1, 0.15) is 34.9 Å². The van der Waals surface area contributed by atoms with Crippen molar-refractivity contribution in [2.45, 2.75) is 24.6 Å². The monoisotopic (exact) mass is 481 g/mol. The Labute approximate surface area is 187 Å². The Kier molecular flexibility index (Phi) is 6.25. The van der Waals surface area contributed by atoms with Crippen molar-refractivity contribution in [1.29, 1.82) is 0 Å². The number of fused-ring (bicyclic) bond motifs is 1. The highest BCUT2D eigenvalue weighted by atomic mass is 32.2. The minimum Gasteiger partial charge on any atom is -0.750 e. The van der Waals surface area contributed by atoms with Crippen molar-refractivity contribution >= 4 is 22.3 Å². The maximum atomic E-state index is 12.6. The van der Waals surface area contributed by atoms with Gasteiger partial charge in [0.25, 0.3) is 0 Å². The Balaban J connectivity index is 1.77. The molecule has 0 amide bonds. The van der Waals surface area contributed by atoms with Crippen LogP contribution in [0, 0.1) is 0 Å². The van der Waals surface area contributed by atoms with Gasteiger partial charge in [0.2, 0.25) is 12.0 Å². The lowest BCUT2D eigenvalue weighted by Gasteiger charge is -2.37. The first-order valence-corrected chi connectivity index (χ1v) is 10.4. The fourth-order valence-corrected chi connectivity index (χ4v) is 3.71. The third-order valence-corrected chi connectivity index (χ3v) is 5.31. The summed E-state index contributed by atoms with van der Waals surface area (Å²) in [5.41, 5.74) is -0.743. The number of aromatic hydroxyl groups is 3. The molecular weight excluding hydrogens is 464 g/mol. The van der Waals surface area contributed by atoms with Crippen molar-refractivity contribution < 1.29 is 52.4 Å². The van der Waals surface area contributed by atoms with Crippen molar-refractivity contribution in [3.05, 3.63) is 46.6 Å². The van der Waals surface area contributed by atoms with Gasteiger partial charge in [0.15, 0.2) is 22.9 Å². The fraction of sp³-hybridized carbons (Fsp3) is 0.250. The summed E-state index contributed by atoms with van der Waals surface area (Å²) in [6.45, 7) is -0.447. The summed E-state index contributed by atoms with van der Waals surface area (Å²) in [7, 11) is 0. The van der Waals surface area contributed by atoms with Crippen molar-refractivity contribution in [2.75, 3.05) is 6.61 Å². The summed E-state index contributed by atoms with van der Waals surface area (Å²) in [6, 6.07) is 7.60. The summed E-state index contributed by atoms with van der Waals surface area (Å²) in [6.07, 6.45) is -6.52. The van der Waals surface area contributed by atoms with Crippen LogP contribution in [0.4, 0.5) is 0 Å². The van der Waals surface area contributed by atoms with Crippen LogP contribution in [0.1, 0.15) is 0 Å². The van der Waals surface area contributed by atoms with Gasteiger partial charge in [-0.1, -0.05) is 0 Å². The van der Waals surface area contributed by atoms with Gasteiger partial charge in [-0.25, -0.2) is 4.21 Å². The van der Waals surface area contributed by atoms with E-state index >= 15 is 0 Å². The van der Waals surface area contributed by atoms with E-state index < -0.39 is 70.8 Å². The topological polar surface area (TPSA) is 199 Å². The molecule has 1 saturated heterocycles. The molecule has 1 aliphatic heterocycles. The molecule has 0 aliphatic carbocycles. The number of aliphatic hydroxyl groups is 2. The SMILES string of the molecule is O=c1cc(-c2ccc(O)cc2)oc2c(O)c(O[C@@H]3OC[C@H](O)[C@@H](O)[C@@H]3OS(=O)[O-])cc(O)c12. The number of hydrogen-bond acceptors (Lipinski definition) is 12. The van der Waals surface area contributed by atoms with Gasteiger partial charge >= 0.3 is 0 Å². The van der Waals surface area contributed by atoms with Crippen molar-refractivity contribution in [3.63, 3.8) is 0 Å². The van der Waals surface area contributed by atoms with E-state index in [1.807, 2.05) is 0 Å². The number of hydrogen-bond donors (Lipinski definition) is 5. The summed E-state index contributed by atoms with van der Waals surface area (Å²) >= 11 is -3.11. The van der Waals surface area contributed by atoms with Crippen LogP contribution in [0.25, 0.3) is 22.3 Å². The van der Waals surface area contributed by atoms with Gasteiger partial charge in [0, 0.05) is 17.7 Å². The number of aliphatic hydroxyl groups excluding tert-OH is 2. The molecule has 0 spiro atoms. The zero-order valence-corrected chi connectivity index (χ0v) is 17.3. The molecule has 176 valence electrons. The number of ether oxygens (including phenoxy) is 2. The molecule has 3 aromatic rings. The average molecular weight is 481 g/mol. The molecule has 0 bridgehead atoms. The molecule has 2 aromatic carbocycles. The van der Waals surface area contributed by atoms with Crippen LogP contribution in [-0.2, 0) is 20.3 Å². The Bertz CT molecular complexity index is 1250. The highest BCUT2D eigenvalue weighted by Gasteiger charge is 2.42. The van der Waals surface area contributed by atoms with E-state index in [4.69, 9.17) is 13.9 Å². The van der Waals surface area contributed by atoms with E-state index in [1.165, 1.54) is 24.3 Å². The van der Waals surface area contributed by atoms with E-state index in [2.05, 4.69) is 4.18 Å². The van der Waals surface area contributed by atoms with E-state index in [1.54, 1.807) is 0 Å².